The summed E-state index contributed by atoms with van der Waals surface area (Å²) in [5, 5.41) is 0. The number of hydrogen-bond acceptors (Lipinski definition) is 3. The molecule has 0 spiro atoms. The van der Waals surface area contributed by atoms with Crippen LogP contribution in [0.25, 0.3) is 3.58 Å². The monoisotopic (exact) mass is 492 g/mol. The topological polar surface area (TPSA) is 51.2 Å². The van der Waals surface area contributed by atoms with Crippen molar-refractivity contribution in [3.8, 4) is 0 Å². The van der Waals surface area contributed by atoms with Gasteiger partial charge in [-0.1, -0.05) is 60.7 Å². The molecular formula is C21H14FIO3S. The summed E-state index contributed by atoms with van der Waals surface area (Å²) in [7, 11) is -4.08. The van der Waals surface area contributed by atoms with Gasteiger partial charge in [0.2, 0.25) is 15.6 Å². The van der Waals surface area contributed by atoms with Gasteiger partial charge in [-0.2, -0.15) is 0 Å². The van der Waals surface area contributed by atoms with Gasteiger partial charge >= 0.3 is 0 Å². The number of Topliss-reactive ketones (excluding diaryl/α,β-unsaturated/α-hetero) is 1. The van der Waals surface area contributed by atoms with Crippen molar-refractivity contribution >= 4 is 41.8 Å². The van der Waals surface area contributed by atoms with Gasteiger partial charge in [0, 0.05) is 9.14 Å². The van der Waals surface area contributed by atoms with Crippen molar-refractivity contribution in [2.75, 3.05) is 0 Å². The number of allylic oxidation sites excluding steroid dienone is 1. The number of carbonyl (C=O) groups is 1. The van der Waals surface area contributed by atoms with Gasteiger partial charge in [0.1, 0.15) is 10.7 Å². The van der Waals surface area contributed by atoms with Crippen LogP contribution < -0.4 is 0 Å². The van der Waals surface area contributed by atoms with Crippen molar-refractivity contribution in [1.29, 1.82) is 0 Å². The lowest BCUT2D eigenvalue weighted by molar-refractivity contribution is 0.104. The second-order valence-corrected chi connectivity index (χ2v) is 8.63. The average Bonchev–Trinajstić information content (AvgIpc) is 2.69. The molecule has 136 valence electrons. The van der Waals surface area contributed by atoms with Crippen LogP contribution in [-0.4, -0.2) is 14.2 Å². The molecule has 3 nitrogen and oxygen atoms in total. The molecule has 0 amide bonds. The summed E-state index contributed by atoms with van der Waals surface area (Å²) in [6.07, 6.45) is 0. The highest BCUT2D eigenvalue weighted by Crippen LogP contribution is 2.34. The van der Waals surface area contributed by atoms with E-state index in [-0.39, 0.29) is 18.9 Å². The third-order valence-corrected chi connectivity index (χ3v) is 7.21. The summed E-state index contributed by atoms with van der Waals surface area (Å²) in [5.74, 6) is -1.04. The van der Waals surface area contributed by atoms with Crippen LogP contribution in [0.1, 0.15) is 15.9 Å². The van der Waals surface area contributed by atoms with E-state index in [1.54, 1.807) is 48.5 Å². The summed E-state index contributed by atoms with van der Waals surface area (Å²) >= 11 is 1.83. The molecule has 0 N–H and O–H groups in total. The quantitative estimate of drug-likeness (QED) is 0.277. The number of ketones is 1. The second kappa shape index (κ2) is 8.14. The van der Waals surface area contributed by atoms with E-state index in [0.29, 0.717) is 5.56 Å². The Kier molecular flexibility index (Phi) is 5.86. The van der Waals surface area contributed by atoms with Crippen LogP contribution in [0.2, 0.25) is 0 Å². The maximum atomic E-state index is 13.3. The molecule has 0 fully saturated rings. The first-order chi connectivity index (χ1) is 12.9. The molecule has 6 heteroatoms. The zero-order valence-corrected chi connectivity index (χ0v) is 16.9. The Labute approximate surface area is 170 Å². The van der Waals surface area contributed by atoms with E-state index in [1.165, 1.54) is 36.4 Å². The lowest BCUT2D eigenvalue weighted by atomic mass is 10.1. The van der Waals surface area contributed by atoms with Crippen LogP contribution in [0.5, 0.6) is 0 Å². The summed E-state index contributed by atoms with van der Waals surface area (Å²) in [4.78, 5) is 12.8. The number of hydrogen-bond donors (Lipinski definition) is 0. The van der Waals surface area contributed by atoms with Gasteiger partial charge < -0.3 is 0 Å². The molecule has 0 saturated heterocycles. The fourth-order valence-electron chi connectivity index (χ4n) is 2.51. The van der Waals surface area contributed by atoms with Crippen LogP contribution in [-0.2, 0) is 9.84 Å². The highest BCUT2D eigenvalue weighted by molar-refractivity contribution is 14.1. The van der Waals surface area contributed by atoms with Crippen LogP contribution in [0, 0.1) is 5.82 Å². The SMILES string of the molecule is O=C(/C(=C(\I)c1ccc(F)cc1)S(=O)(=O)c1ccccc1)c1ccccc1. The molecule has 0 aromatic heterocycles. The van der Waals surface area contributed by atoms with Crippen molar-refractivity contribution in [3.63, 3.8) is 0 Å². The predicted octanol–water partition coefficient (Wildman–Crippen LogP) is 5.29. The molecule has 0 heterocycles. The molecule has 0 radical (unpaired) electrons. The van der Waals surface area contributed by atoms with Gasteiger partial charge in [0.15, 0.2) is 0 Å². The first-order valence-corrected chi connectivity index (χ1v) is 10.5. The summed E-state index contributed by atoms with van der Waals surface area (Å²) in [6, 6.07) is 21.4. The van der Waals surface area contributed by atoms with Crippen molar-refractivity contribution in [3.05, 3.63) is 107 Å². The second-order valence-electron chi connectivity index (χ2n) is 5.66. The van der Waals surface area contributed by atoms with E-state index in [9.17, 15) is 17.6 Å². The number of halogens is 2. The number of carbonyl (C=O) groups excluding carboxylic acids is 1. The van der Waals surface area contributed by atoms with E-state index in [4.69, 9.17) is 0 Å². The Morgan fingerprint density at radius 3 is 1.81 bits per heavy atom. The minimum Gasteiger partial charge on any atom is -0.288 e. The third kappa shape index (κ3) is 4.17. The molecule has 0 bridgehead atoms. The van der Waals surface area contributed by atoms with Gasteiger partial charge in [-0.25, -0.2) is 12.8 Å². The Balaban J connectivity index is 2.25. The van der Waals surface area contributed by atoms with Gasteiger partial charge in [-0.3, -0.25) is 4.79 Å². The summed E-state index contributed by atoms with van der Waals surface area (Å²) < 4.78 is 40.1. The highest BCUT2D eigenvalue weighted by Gasteiger charge is 2.31. The first-order valence-electron chi connectivity index (χ1n) is 7.97. The smallest absolute Gasteiger partial charge is 0.211 e. The third-order valence-electron chi connectivity index (χ3n) is 3.86. The molecule has 0 aliphatic heterocycles. The van der Waals surface area contributed by atoms with E-state index in [2.05, 4.69) is 0 Å². The highest BCUT2D eigenvalue weighted by atomic mass is 127. The normalized spacial score (nSPS) is 12.4. The van der Waals surface area contributed by atoms with Crippen LogP contribution in [0.3, 0.4) is 0 Å². The molecule has 3 aromatic rings. The lowest BCUT2D eigenvalue weighted by Gasteiger charge is -2.12. The van der Waals surface area contributed by atoms with Crippen molar-refractivity contribution in [2.45, 2.75) is 4.90 Å². The predicted molar refractivity (Wildman–Crippen MR) is 112 cm³/mol. The zero-order valence-electron chi connectivity index (χ0n) is 14.0. The zero-order chi connectivity index (χ0) is 19.4. The Morgan fingerprint density at radius 2 is 1.26 bits per heavy atom. The molecular weight excluding hydrogens is 478 g/mol. The standard InChI is InChI=1S/C21H14FIO3S/c22-17-13-11-15(12-14-17)19(23)21(20(24)16-7-3-1-4-8-16)27(25,26)18-9-5-2-6-10-18/h1-14H/b21-19+. The number of benzene rings is 3. The van der Waals surface area contributed by atoms with Crippen molar-refractivity contribution in [2.24, 2.45) is 0 Å². The van der Waals surface area contributed by atoms with Gasteiger partial charge in [0.05, 0.1) is 4.90 Å². The Bertz CT molecular complexity index is 1090. The maximum Gasteiger partial charge on any atom is 0.211 e. The molecule has 27 heavy (non-hydrogen) atoms. The van der Waals surface area contributed by atoms with Crippen LogP contribution in [0.15, 0.2) is 94.7 Å². The summed E-state index contributed by atoms with van der Waals surface area (Å²) in [5.41, 5.74) is 0.721. The molecule has 0 atom stereocenters. The molecule has 0 aliphatic carbocycles. The van der Waals surface area contributed by atoms with E-state index in [0.717, 1.165) is 0 Å². The van der Waals surface area contributed by atoms with Gasteiger partial charge in [-0.05, 0) is 52.4 Å². The lowest BCUT2D eigenvalue weighted by Crippen LogP contribution is -2.15. The molecule has 0 aliphatic rings. The van der Waals surface area contributed by atoms with Crippen molar-refractivity contribution < 1.29 is 17.6 Å². The van der Waals surface area contributed by atoms with Crippen LogP contribution >= 0.6 is 22.6 Å². The fraction of sp³-hybridized carbons (Fsp3) is 0. The Hall–Kier alpha value is -2.32. The minimum absolute atomic E-state index is 0.0283. The first kappa shape index (κ1) is 19.4. The van der Waals surface area contributed by atoms with Gasteiger partial charge in [0.25, 0.3) is 0 Å². The largest absolute Gasteiger partial charge is 0.288 e. The van der Waals surface area contributed by atoms with Crippen LogP contribution in [0.4, 0.5) is 4.39 Å². The van der Waals surface area contributed by atoms with Gasteiger partial charge in [-0.15, -0.1) is 0 Å². The Morgan fingerprint density at radius 1 is 0.741 bits per heavy atom. The molecule has 3 aromatic carbocycles. The van der Waals surface area contributed by atoms with E-state index in [1.807, 2.05) is 22.6 Å². The van der Waals surface area contributed by atoms with E-state index < -0.39 is 21.4 Å². The van der Waals surface area contributed by atoms with E-state index >= 15 is 0 Å². The minimum atomic E-state index is -4.08. The number of sulfone groups is 1. The molecule has 0 saturated carbocycles. The molecule has 3 rings (SSSR count). The van der Waals surface area contributed by atoms with Crippen molar-refractivity contribution in [1.82, 2.24) is 0 Å². The number of rotatable bonds is 5. The summed E-state index contributed by atoms with van der Waals surface area (Å²) in [6.45, 7) is 0. The average molecular weight is 492 g/mol. The maximum absolute atomic E-state index is 13.3. The fourth-order valence-corrected chi connectivity index (χ4v) is 5.45. The molecule has 0 unspecified atom stereocenters.